The number of hydrogen-bond acceptors (Lipinski definition) is 4. The van der Waals surface area contributed by atoms with Gasteiger partial charge in [-0.2, -0.15) is 0 Å². The van der Waals surface area contributed by atoms with E-state index in [0.717, 1.165) is 38.3 Å². The second kappa shape index (κ2) is 10.4. The summed E-state index contributed by atoms with van der Waals surface area (Å²) >= 11 is 0. The summed E-state index contributed by atoms with van der Waals surface area (Å²) in [5, 5.41) is 13.9. The van der Waals surface area contributed by atoms with Gasteiger partial charge in [0.2, 0.25) is 0 Å². The second-order valence-corrected chi connectivity index (χ2v) is 7.96. The molecule has 1 heterocycles. The first kappa shape index (κ1) is 20.6. The molecule has 0 aromatic heterocycles. The molecule has 3 aromatic carbocycles. The fraction of sp³-hybridized carbons (Fsp3) is 0.308. The van der Waals surface area contributed by atoms with Crippen molar-refractivity contribution in [2.75, 3.05) is 19.7 Å². The number of nitrogens with zero attached hydrogens (tertiary/aromatic N) is 1. The van der Waals surface area contributed by atoms with Gasteiger partial charge in [0.05, 0.1) is 0 Å². The molecule has 0 fully saturated rings. The molecule has 0 spiro atoms. The lowest BCUT2D eigenvalue weighted by Gasteiger charge is -2.30. The SMILES string of the molecule is O[C@@H](COc1cccc(CNCc2ccccc2)c1)CN1CCc2ccccc2C1. The van der Waals surface area contributed by atoms with E-state index in [1.165, 1.54) is 22.3 Å². The summed E-state index contributed by atoms with van der Waals surface area (Å²) in [5.74, 6) is 0.803. The van der Waals surface area contributed by atoms with Crippen LogP contribution in [-0.2, 0) is 26.1 Å². The minimum Gasteiger partial charge on any atom is -0.491 e. The minimum absolute atomic E-state index is 0.305. The number of ether oxygens (including phenoxy) is 1. The largest absolute Gasteiger partial charge is 0.491 e. The first-order chi connectivity index (χ1) is 14.8. The summed E-state index contributed by atoms with van der Waals surface area (Å²) in [6.07, 6.45) is 0.539. The van der Waals surface area contributed by atoms with Crippen molar-refractivity contribution < 1.29 is 9.84 Å². The van der Waals surface area contributed by atoms with Gasteiger partial charge in [-0.05, 0) is 40.8 Å². The third-order valence-electron chi connectivity index (χ3n) is 5.52. The summed E-state index contributed by atoms with van der Waals surface area (Å²) < 4.78 is 5.88. The van der Waals surface area contributed by atoms with E-state index in [1.807, 2.05) is 24.3 Å². The minimum atomic E-state index is -0.505. The number of fused-ring (bicyclic) bond motifs is 1. The van der Waals surface area contributed by atoms with Crippen molar-refractivity contribution in [3.8, 4) is 5.75 Å². The molecule has 1 aliphatic heterocycles. The van der Waals surface area contributed by atoms with Crippen LogP contribution in [0.4, 0.5) is 0 Å². The molecule has 4 rings (SSSR count). The molecule has 0 saturated carbocycles. The van der Waals surface area contributed by atoms with Gasteiger partial charge in [-0.1, -0.05) is 66.7 Å². The van der Waals surface area contributed by atoms with Crippen molar-refractivity contribution in [3.63, 3.8) is 0 Å². The normalized spacial score (nSPS) is 14.8. The number of hydrogen-bond donors (Lipinski definition) is 2. The van der Waals surface area contributed by atoms with Gasteiger partial charge < -0.3 is 15.2 Å². The van der Waals surface area contributed by atoms with Crippen molar-refractivity contribution >= 4 is 0 Å². The quantitative estimate of drug-likeness (QED) is 0.572. The average Bonchev–Trinajstić information content (AvgIpc) is 2.79. The van der Waals surface area contributed by atoms with Crippen molar-refractivity contribution in [1.82, 2.24) is 10.2 Å². The molecule has 3 aromatic rings. The smallest absolute Gasteiger partial charge is 0.119 e. The zero-order valence-electron chi connectivity index (χ0n) is 17.3. The first-order valence-corrected chi connectivity index (χ1v) is 10.7. The van der Waals surface area contributed by atoms with Crippen LogP contribution in [0.1, 0.15) is 22.3 Å². The first-order valence-electron chi connectivity index (χ1n) is 10.7. The van der Waals surface area contributed by atoms with Gasteiger partial charge in [0, 0.05) is 32.7 Å². The number of β-amino-alcohol motifs (C(OH)–C–C–N with tert-alkyl or cyclic N) is 1. The highest BCUT2D eigenvalue weighted by Gasteiger charge is 2.18. The fourth-order valence-corrected chi connectivity index (χ4v) is 3.95. The van der Waals surface area contributed by atoms with E-state index in [-0.39, 0.29) is 0 Å². The van der Waals surface area contributed by atoms with Crippen molar-refractivity contribution in [2.45, 2.75) is 32.2 Å². The molecule has 0 radical (unpaired) electrons. The Morgan fingerprint density at radius 2 is 1.60 bits per heavy atom. The number of aliphatic hydroxyl groups excluding tert-OH is 1. The van der Waals surface area contributed by atoms with Gasteiger partial charge in [0.25, 0.3) is 0 Å². The van der Waals surface area contributed by atoms with Crippen LogP contribution in [-0.4, -0.2) is 35.8 Å². The fourth-order valence-electron chi connectivity index (χ4n) is 3.95. The van der Waals surface area contributed by atoms with E-state index >= 15 is 0 Å². The third-order valence-corrected chi connectivity index (χ3v) is 5.52. The predicted molar refractivity (Wildman–Crippen MR) is 120 cm³/mol. The molecule has 1 aliphatic rings. The number of benzene rings is 3. The highest BCUT2D eigenvalue weighted by atomic mass is 16.5. The van der Waals surface area contributed by atoms with Crippen molar-refractivity contribution in [3.05, 3.63) is 101 Å². The van der Waals surface area contributed by atoms with Gasteiger partial charge in [-0.15, -0.1) is 0 Å². The zero-order chi connectivity index (χ0) is 20.6. The van der Waals surface area contributed by atoms with Gasteiger partial charge in [-0.25, -0.2) is 0 Å². The summed E-state index contributed by atoms with van der Waals surface area (Å²) in [5.41, 5.74) is 5.24. The molecule has 4 nitrogen and oxygen atoms in total. The molecule has 0 bridgehead atoms. The van der Waals surface area contributed by atoms with Crippen molar-refractivity contribution in [1.29, 1.82) is 0 Å². The van der Waals surface area contributed by atoms with Gasteiger partial charge in [0.1, 0.15) is 18.5 Å². The highest BCUT2D eigenvalue weighted by molar-refractivity contribution is 5.30. The molecule has 156 valence electrons. The van der Waals surface area contributed by atoms with Crippen LogP contribution < -0.4 is 10.1 Å². The lowest BCUT2D eigenvalue weighted by Crippen LogP contribution is -2.38. The highest BCUT2D eigenvalue weighted by Crippen LogP contribution is 2.19. The maximum absolute atomic E-state index is 10.5. The second-order valence-electron chi connectivity index (χ2n) is 7.96. The molecule has 0 amide bonds. The Labute approximate surface area is 179 Å². The van der Waals surface area contributed by atoms with Crippen molar-refractivity contribution in [2.24, 2.45) is 0 Å². The van der Waals surface area contributed by atoms with Crippen LogP contribution in [0.5, 0.6) is 5.75 Å². The number of rotatable bonds is 9. The molecular weight excluding hydrogens is 372 g/mol. The summed E-state index contributed by atoms with van der Waals surface area (Å²) in [4.78, 5) is 2.31. The van der Waals surface area contributed by atoms with Gasteiger partial charge >= 0.3 is 0 Å². The number of aliphatic hydroxyl groups is 1. The van der Waals surface area contributed by atoms with E-state index < -0.39 is 6.10 Å². The molecule has 0 saturated heterocycles. The summed E-state index contributed by atoms with van der Waals surface area (Å²) in [7, 11) is 0. The van der Waals surface area contributed by atoms with Crippen LogP contribution in [0, 0.1) is 0 Å². The third kappa shape index (κ3) is 5.92. The van der Waals surface area contributed by atoms with Gasteiger partial charge in [0.15, 0.2) is 0 Å². The lowest BCUT2D eigenvalue weighted by atomic mass is 10.00. The Hall–Kier alpha value is -2.66. The zero-order valence-corrected chi connectivity index (χ0v) is 17.3. The van der Waals surface area contributed by atoms with E-state index in [2.05, 4.69) is 64.8 Å². The molecule has 0 unspecified atom stereocenters. The molecule has 4 heteroatoms. The standard InChI is InChI=1S/C26H30N2O2/c29-25(19-28-14-13-23-10-4-5-11-24(23)18-28)20-30-26-12-6-9-22(15-26)17-27-16-21-7-2-1-3-8-21/h1-12,15,25,27,29H,13-14,16-20H2/t25-/m1/s1. The van der Waals surface area contributed by atoms with E-state index in [1.54, 1.807) is 0 Å². The van der Waals surface area contributed by atoms with E-state index in [0.29, 0.717) is 13.2 Å². The van der Waals surface area contributed by atoms with Crippen LogP contribution in [0.25, 0.3) is 0 Å². The van der Waals surface area contributed by atoms with Crippen LogP contribution in [0.3, 0.4) is 0 Å². The Morgan fingerprint density at radius 1 is 0.867 bits per heavy atom. The lowest BCUT2D eigenvalue weighted by molar-refractivity contribution is 0.0637. The molecule has 1 atom stereocenters. The van der Waals surface area contributed by atoms with Crippen LogP contribution >= 0.6 is 0 Å². The summed E-state index contributed by atoms with van der Waals surface area (Å²) in [6.45, 7) is 4.43. The molecule has 0 aliphatic carbocycles. The molecule has 30 heavy (non-hydrogen) atoms. The Kier molecular flexibility index (Phi) is 7.14. The monoisotopic (exact) mass is 402 g/mol. The Balaban J connectivity index is 1.21. The van der Waals surface area contributed by atoms with Gasteiger partial charge in [-0.3, -0.25) is 4.90 Å². The maximum Gasteiger partial charge on any atom is 0.119 e. The Bertz CT molecular complexity index is 929. The maximum atomic E-state index is 10.5. The van der Waals surface area contributed by atoms with E-state index in [4.69, 9.17) is 4.74 Å². The Morgan fingerprint density at radius 3 is 2.47 bits per heavy atom. The molecule has 2 N–H and O–H groups in total. The average molecular weight is 403 g/mol. The van der Waals surface area contributed by atoms with Crippen LogP contribution in [0.15, 0.2) is 78.9 Å². The topological polar surface area (TPSA) is 44.7 Å². The molecular formula is C26H30N2O2. The van der Waals surface area contributed by atoms with Crippen LogP contribution in [0.2, 0.25) is 0 Å². The van der Waals surface area contributed by atoms with E-state index in [9.17, 15) is 5.11 Å². The predicted octanol–water partition coefficient (Wildman–Crippen LogP) is 3.77. The number of nitrogens with one attached hydrogen (secondary N) is 1. The summed E-state index contributed by atoms with van der Waals surface area (Å²) in [6, 6.07) is 27.0.